The van der Waals surface area contributed by atoms with Gasteiger partial charge in [0.1, 0.15) is 0 Å². The van der Waals surface area contributed by atoms with Crippen molar-refractivity contribution in [3.8, 4) is 72.7 Å². The lowest BCUT2D eigenvalue weighted by molar-refractivity contribution is 0.723. The molecule has 0 bridgehead atoms. The maximum atomic E-state index is 2.54. The number of para-hydroxylation sites is 4. The molecule has 0 atom stereocenters. The molecular formula is C116H71N3S2. The van der Waals surface area contributed by atoms with Gasteiger partial charge in [0, 0.05) is 69.0 Å². The first-order valence-corrected chi connectivity index (χ1v) is 43.5. The number of hydrogen-bond acceptors (Lipinski definition) is 2. The fraction of sp³-hybridized carbons (Fsp3) is 0.0172. The second-order valence-corrected chi connectivity index (χ2v) is 34.9. The highest BCUT2D eigenvalue weighted by Gasteiger charge is 2.52. The lowest BCUT2D eigenvalue weighted by atomic mass is 9.67. The predicted molar refractivity (Wildman–Crippen MR) is 508 cm³/mol. The summed E-state index contributed by atoms with van der Waals surface area (Å²) in [6.45, 7) is 0. The van der Waals surface area contributed by atoms with Gasteiger partial charge in [0.25, 0.3) is 0 Å². The monoisotopic (exact) mass is 1570 g/mol. The maximum absolute atomic E-state index is 2.54. The molecular weight excluding hydrogens is 1500 g/mol. The summed E-state index contributed by atoms with van der Waals surface area (Å²) in [6.07, 6.45) is 0. The largest absolute Gasteiger partial charge is 0.309 e. The molecule has 562 valence electrons. The quantitative estimate of drug-likeness (QED) is 0.154. The number of hydrogen-bond donors (Lipinski definition) is 0. The van der Waals surface area contributed by atoms with Gasteiger partial charge in [-0.25, -0.2) is 0 Å². The third kappa shape index (κ3) is 9.81. The van der Waals surface area contributed by atoms with Gasteiger partial charge in [-0.15, -0.1) is 0 Å². The molecule has 0 unspecified atom stereocenters. The molecule has 20 aromatic carbocycles. The number of rotatable bonds is 6. The highest BCUT2D eigenvalue weighted by atomic mass is 32.2. The van der Waals surface area contributed by atoms with Crippen molar-refractivity contribution in [2.45, 2.75) is 30.4 Å². The zero-order chi connectivity index (χ0) is 79.2. The van der Waals surface area contributed by atoms with Crippen LogP contribution in [0.2, 0.25) is 0 Å². The van der Waals surface area contributed by atoms with Crippen molar-refractivity contribution in [2.24, 2.45) is 0 Å². The van der Waals surface area contributed by atoms with Gasteiger partial charge in [-0.05, 0) is 272 Å². The Bertz CT molecular complexity index is 8220. The lowest BCUT2D eigenvalue weighted by Gasteiger charge is -2.39. The number of aromatic nitrogens is 3. The van der Waals surface area contributed by atoms with Gasteiger partial charge in [-0.2, -0.15) is 0 Å². The van der Waals surface area contributed by atoms with Gasteiger partial charge in [-0.3, -0.25) is 0 Å². The van der Waals surface area contributed by atoms with Gasteiger partial charge in [0.2, 0.25) is 0 Å². The van der Waals surface area contributed by atoms with Gasteiger partial charge < -0.3 is 13.7 Å². The average molecular weight is 1570 g/mol. The fourth-order valence-corrected chi connectivity index (χ4v) is 24.2. The van der Waals surface area contributed by atoms with Crippen LogP contribution in [0.1, 0.15) is 44.5 Å². The maximum Gasteiger partial charge on any atom is 0.0736 e. The zero-order valence-corrected chi connectivity index (χ0v) is 67.3. The average Bonchev–Trinajstić information content (AvgIpc) is 1.52. The normalized spacial score (nSPS) is 13.5. The number of benzene rings is 20. The molecule has 121 heavy (non-hydrogen) atoms. The van der Waals surface area contributed by atoms with E-state index in [4.69, 9.17) is 0 Å². The molecule has 27 rings (SSSR count). The van der Waals surface area contributed by atoms with Crippen molar-refractivity contribution >= 4 is 121 Å². The Balaban J connectivity index is 0.000000131. The molecule has 0 saturated heterocycles. The van der Waals surface area contributed by atoms with Crippen LogP contribution >= 0.6 is 23.5 Å². The standard InChI is InChI=1S/C61H37NS.C55H34N2S/c1-2-17-42(18-3-1)62-57-32-30-41(39-16-14-15-38(33-39)40-29-31-47-45-21-5-4-19-43(45)44-20-6-7-22-46(44)49(47)34-40)35-51(57)52-36-50-48-23-8-9-24-53(48)61(56(50)37-58(52)62)54-25-10-12-27-59(54)63-60-28-13-11-26-55(60)61;1-3-15-37(16-4-1)56-49-24-12-8-20-40(49)42-31-35(27-29-50(42)56)36-28-30-51-43(32-36)44-33-41-39-19-7-9-21-45(39)55(48(41)34-52(44)57(51)38-17-5-2-6-18-38)46-22-10-13-25-53(46)58-54-26-14-11-23-47(54)55/h1-37H;1-34H. The summed E-state index contributed by atoms with van der Waals surface area (Å²) in [5.74, 6) is 0. The second-order valence-electron chi connectivity index (χ2n) is 32.8. The molecule has 0 N–H and O–H groups in total. The first kappa shape index (κ1) is 68.4. The van der Waals surface area contributed by atoms with Crippen molar-refractivity contribution in [2.75, 3.05) is 0 Å². The van der Waals surface area contributed by atoms with E-state index < -0.39 is 10.8 Å². The molecule has 5 heterocycles. The van der Waals surface area contributed by atoms with Crippen LogP contribution in [0.15, 0.2) is 450 Å². The van der Waals surface area contributed by atoms with Crippen LogP contribution in [-0.4, -0.2) is 13.7 Å². The van der Waals surface area contributed by atoms with E-state index in [9.17, 15) is 0 Å². The van der Waals surface area contributed by atoms with E-state index in [2.05, 4.69) is 444 Å². The minimum atomic E-state index is -0.440. The molecule has 23 aromatic rings. The van der Waals surface area contributed by atoms with Gasteiger partial charge in [-0.1, -0.05) is 315 Å². The number of fused-ring (bicyclic) bond motifs is 33. The summed E-state index contributed by atoms with van der Waals surface area (Å²) in [6, 6.07) is 161. The van der Waals surface area contributed by atoms with E-state index in [1.165, 1.54) is 223 Å². The Kier molecular flexibility index (Phi) is 14.9. The third-order valence-corrected chi connectivity index (χ3v) is 29.1. The van der Waals surface area contributed by atoms with Crippen LogP contribution in [0.25, 0.3) is 170 Å². The smallest absolute Gasteiger partial charge is 0.0736 e. The molecule has 0 radical (unpaired) electrons. The molecule has 4 aliphatic rings. The molecule has 3 aromatic heterocycles. The molecule has 2 aliphatic heterocycles. The van der Waals surface area contributed by atoms with Crippen LogP contribution in [0, 0.1) is 0 Å². The van der Waals surface area contributed by atoms with E-state index in [1.807, 2.05) is 23.5 Å². The molecule has 0 fully saturated rings. The highest BCUT2D eigenvalue weighted by molar-refractivity contribution is 7.99. The van der Waals surface area contributed by atoms with Gasteiger partial charge in [0.15, 0.2) is 0 Å². The summed E-state index contributed by atoms with van der Waals surface area (Å²) >= 11 is 3.79. The van der Waals surface area contributed by atoms with Crippen molar-refractivity contribution in [1.82, 2.24) is 13.7 Å². The number of nitrogens with zero attached hydrogens (tertiary/aromatic N) is 3. The summed E-state index contributed by atoms with van der Waals surface area (Å²) < 4.78 is 7.36. The molecule has 2 aliphatic carbocycles. The van der Waals surface area contributed by atoms with Crippen molar-refractivity contribution in [3.63, 3.8) is 0 Å². The Morgan fingerprint density at radius 1 is 0.149 bits per heavy atom. The molecule has 3 nitrogen and oxygen atoms in total. The topological polar surface area (TPSA) is 14.8 Å². The van der Waals surface area contributed by atoms with Crippen LogP contribution in [0.4, 0.5) is 0 Å². The van der Waals surface area contributed by atoms with E-state index in [0.29, 0.717) is 0 Å². The van der Waals surface area contributed by atoms with E-state index in [0.717, 1.165) is 11.4 Å². The SMILES string of the molecule is c1ccc(-n2c3ccc(-c4cccc(-c5ccc6c7ccccc7c7ccccc7c6c5)c4)cc3c3cc4c(cc32)C2(c3ccccc3Sc3ccccc32)c2ccccc2-4)cc1.c1ccc(-n2c3ccccc3c3cc(-c4ccc5c(c4)c4cc6c(cc4n5-c4ccccc4)C4(c5ccccc5Sc5ccccc54)c4ccccc4-6)ccc32)cc1. The van der Waals surface area contributed by atoms with E-state index in [1.54, 1.807) is 0 Å². The first-order valence-electron chi connectivity index (χ1n) is 41.8. The molecule has 0 amide bonds. The minimum Gasteiger partial charge on any atom is -0.309 e. The Morgan fingerprint density at radius 3 is 0.843 bits per heavy atom. The van der Waals surface area contributed by atoms with Crippen LogP contribution in [-0.2, 0) is 10.8 Å². The van der Waals surface area contributed by atoms with E-state index in [-0.39, 0.29) is 0 Å². The van der Waals surface area contributed by atoms with E-state index >= 15 is 0 Å². The Hall–Kier alpha value is -14.7. The Morgan fingerprint density at radius 2 is 0.430 bits per heavy atom. The third-order valence-electron chi connectivity index (χ3n) is 26.8. The van der Waals surface area contributed by atoms with Crippen molar-refractivity contribution in [1.29, 1.82) is 0 Å². The molecule has 0 saturated carbocycles. The molecule has 5 heteroatoms. The highest BCUT2D eigenvalue weighted by Crippen LogP contribution is 2.65. The summed E-state index contributed by atoms with van der Waals surface area (Å²) in [5, 5.41) is 15.3. The van der Waals surface area contributed by atoms with Gasteiger partial charge >= 0.3 is 0 Å². The lowest BCUT2D eigenvalue weighted by Crippen LogP contribution is -2.31. The van der Waals surface area contributed by atoms with Crippen molar-refractivity contribution in [3.05, 3.63) is 475 Å². The summed E-state index contributed by atoms with van der Waals surface area (Å²) in [5.41, 5.74) is 33.3. The zero-order valence-electron chi connectivity index (χ0n) is 65.7. The fourth-order valence-electron chi connectivity index (χ4n) is 21.8. The molecule has 2 spiro atoms. The van der Waals surface area contributed by atoms with Crippen LogP contribution < -0.4 is 0 Å². The summed E-state index contributed by atoms with van der Waals surface area (Å²) in [7, 11) is 0. The predicted octanol–water partition coefficient (Wildman–Crippen LogP) is 30.8. The van der Waals surface area contributed by atoms with Crippen molar-refractivity contribution < 1.29 is 0 Å². The van der Waals surface area contributed by atoms with Crippen LogP contribution in [0.5, 0.6) is 0 Å². The van der Waals surface area contributed by atoms with Gasteiger partial charge in [0.05, 0.1) is 43.9 Å². The summed E-state index contributed by atoms with van der Waals surface area (Å²) in [4.78, 5) is 5.28. The minimum absolute atomic E-state index is 0.434. The first-order chi connectivity index (χ1) is 60.0. The second kappa shape index (κ2) is 26.4. The van der Waals surface area contributed by atoms with Crippen LogP contribution in [0.3, 0.4) is 0 Å². The Labute approximate surface area is 708 Å².